The van der Waals surface area contributed by atoms with Crippen molar-refractivity contribution < 1.29 is 4.79 Å². The second-order valence-corrected chi connectivity index (χ2v) is 6.03. The summed E-state index contributed by atoms with van der Waals surface area (Å²) in [5.74, 6) is 0.0790. The minimum absolute atomic E-state index is 0.0790. The SMILES string of the molecule is C[C@H](NC(=O)CC1(N)CCCC1)c1cccs1. The number of carbonyl (C=O) groups excluding carboxylic acids is 1. The lowest BCUT2D eigenvalue weighted by Gasteiger charge is -2.23. The molecule has 2 rings (SSSR count). The van der Waals surface area contributed by atoms with Crippen LogP contribution in [-0.2, 0) is 4.79 Å². The van der Waals surface area contributed by atoms with Crippen LogP contribution in [0.3, 0.4) is 0 Å². The molecule has 4 heteroatoms. The van der Waals surface area contributed by atoms with Crippen LogP contribution in [0, 0.1) is 0 Å². The fourth-order valence-electron chi connectivity index (χ4n) is 2.48. The van der Waals surface area contributed by atoms with E-state index in [1.165, 1.54) is 4.88 Å². The molecular formula is C13H20N2OS. The topological polar surface area (TPSA) is 55.1 Å². The van der Waals surface area contributed by atoms with E-state index < -0.39 is 0 Å². The van der Waals surface area contributed by atoms with E-state index in [1.54, 1.807) is 11.3 Å². The maximum absolute atomic E-state index is 11.9. The number of hydrogen-bond donors (Lipinski definition) is 2. The third-order valence-electron chi connectivity index (χ3n) is 3.46. The molecule has 1 aromatic rings. The second kappa shape index (κ2) is 5.19. The zero-order valence-electron chi connectivity index (χ0n) is 10.2. The first-order chi connectivity index (χ1) is 8.09. The number of hydrogen-bond acceptors (Lipinski definition) is 3. The van der Waals surface area contributed by atoms with Crippen LogP contribution < -0.4 is 11.1 Å². The van der Waals surface area contributed by atoms with Crippen molar-refractivity contribution in [3.05, 3.63) is 22.4 Å². The van der Waals surface area contributed by atoms with E-state index in [9.17, 15) is 4.79 Å². The first-order valence-electron chi connectivity index (χ1n) is 6.21. The highest BCUT2D eigenvalue weighted by Gasteiger charge is 2.31. The minimum Gasteiger partial charge on any atom is -0.349 e. The fraction of sp³-hybridized carbons (Fsp3) is 0.615. The van der Waals surface area contributed by atoms with Gasteiger partial charge in [0.15, 0.2) is 0 Å². The summed E-state index contributed by atoms with van der Waals surface area (Å²) >= 11 is 1.67. The Morgan fingerprint density at radius 2 is 2.29 bits per heavy atom. The number of thiophene rings is 1. The van der Waals surface area contributed by atoms with E-state index >= 15 is 0 Å². The van der Waals surface area contributed by atoms with Gasteiger partial charge < -0.3 is 11.1 Å². The first-order valence-corrected chi connectivity index (χ1v) is 7.09. The summed E-state index contributed by atoms with van der Waals surface area (Å²) in [6, 6.07) is 4.14. The van der Waals surface area contributed by atoms with E-state index in [-0.39, 0.29) is 17.5 Å². The molecule has 0 aliphatic heterocycles. The molecule has 1 fully saturated rings. The van der Waals surface area contributed by atoms with Crippen molar-refractivity contribution in [1.82, 2.24) is 5.32 Å². The Kier molecular flexibility index (Phi) is 3.84. The molecular weight excluding hydrogens is 232 g/mol. The van der Waals surface area contributed by atoms with Gasteiger partial charge in [0.2, 0.25) is 5.91 Å². The smallest absolute Gasteiger partial charge is 0.222 e. The van der Waals surface area contributed by atoms with Crippen molar-refractivity contribution in [2.45, 2.75) is 50.6 Å². The van der Waals surface area contributed by atoms with Crippen LogP contribution in [0.4, 0.5) is 0 Å². The van der Waals surface area contributed by atoms with E-state index in [4.69, 9.17) is 5.73 Å². The standard InChI is InChI=1S/C13H20N2OS/c1-10(11-5-4-8-17-11)15-12(16)9-13(14)6-2-3-7-13/h4-5,8,10H,2-3,6-7,9,14H2,1H3,(H,15,16)/t10-/m0/s1. The molecule has 0 saturated heterocycles. The molecule has 3 N–H and O–H groups in total. The Balaban J connectivity index is 1.85. The Hall–Kier alpha value is -0.870. The highest BCUT2D eigenvalue weighted by atomic mass is 32.1. The van der Waals surface area contributed by atoms with E-state index in [0.29, 0.717) is 6.42 Å². The summed E-state index contributed by atoms with van der Waals surface area (Å²) in [4.78, 5) is 13.1. The van der Waals surface area contributed by atoms with Gasteiger partial charge in [-0.15, -0.1) is 11.3 Å². The van der Waals surface area contributed by atoms with Gasteiger partial charge in [0.1, 0.15) is 0 Å². The van der Waals surface area contributed by atoms with Gasteiger partial charge in [-0.25, -0.2) is 0 Å². The number of nitrogens with two attached hydrogens (primary N) is 1. The van der Waals surface area contributed by atoms with Crippen molar-refractivity contribution in [2.75, 3.05) is 0 Å². The predicted octanol–water partition coefficient (Wildman–Crippen LogP) is 2.59. The lowest BCUT2D eigenvalue weighted by molar-refractivity contribution is -0.122. The Labute approximate surface area is 106 Å². The van der Waals surface area contributed by atoms with Gasteiger partial charge in [0.25, 0.3) is 0 Å². The molecule has 0 unspecified atom stereocenters. The van der Waals surface area contributed by atoms with Gasteiger partial charge in [-0.05, 0) is 31.2 Å². The highest BCUT2D eigenvalue weighted by Crippen LogP contribution is 2.30. The van der Waals surface area contributed by atoms with Crippen molar-refractivity contribution in [3.63, 3.8) is 0 Å². The molecule has 17 heavy (non-hydrogen) atoms. The van der Waals surface area contributed by atoms with Crippen molar-refractivity contribution in [1.29, 1.82) is 0 Å². The fourth-order valence-corrected chi connectivity index (χ4v) is 3.21. The molecule has 1 heterocycles. The maximum atomic E-state index is 11.9. The van der Waals surface area contributed by atoms with Crippen LogP contribution >= 0.6 is 11.3 Å². The Morgan fingerprint density at radius 3 is 2.88 bits per heavy atom. The van der Waals surface area contributed by atoms with Crippen LogP contribution in [0.15, 0.2) is 17.5 Å². The molecule has 0 aromatic carbocycles. The van der Waals surface area contributed by atoms with Crippen LogP contribution in [0.25, 0.3) is 0 Å². The van der Waals surface area contributed by atoms with Gasteiger partial charge in [0, 0.05) is 16.8 Å². The van der Waals surface area contributed by atoms with Gasteiger partial charge in [-0.2, -0.15) is 0 Å². The molecule has 94 valence electrons. The zero-order chi connectivity index (χ0) is 12.3. The molecule has 1 aliphatic carbocycles. The van der Waals surface area contributed by atoms with E-state index in [2.05, 4.69) is 5.32 Å². The molecule has 0 radical (unpaired) electrons. The normalized spacial score (nSPS) is 20.1. The molecule has 1 atom stereocenters. The van der Waals surface area contributed by atoms with E-state index in [1.807, 2.05) is 24.4 Å². The Bertz CT molecular complexity index is 369. The monoisotopic (exact) mass is 252 g/mol. The zero-order valence-corrected chi connectivity index (χ0v) is 11.1. The lowest BCUT2D eigenvalue weighted by Crippen LogP contribution is -2.42. The molecule has 0 spiro atoms. The van der Waals surface area contributed by atoms with Gasteiger partial charge >= 0.3 is 0 Å². The molecule has 0 bridgehead atoms. The average molecular weight is 252 g/mol. The summed E-state index contributed by atoms with van der Waals surface area (Å²) in [6.07, 6.45) is 4.73. The third-order valence-corrected chi connectivity index (χ3v) is 4.51. The Morgan fingerprint density at radius 1 is 1.59 bits per heavy atom. The molecule has 1 aromatic heterocycles. The van der Waals surface area contributed by atoms with Crippen molar-refractivity contribution in [3.8, 4) is 0 Å². The van der Waals surface area contributed by atoms with Crippen LogP contribution in [-0.4, -0.2) is 11.4 Å². The number of amides is 1. The van der Waals surface area contributed by atoms with Gasteiger partial charge in [0.05, 0.1) is 6.04 Å². The highest BCUT2D eigenvalue weighted by molar-refractivity contribution is 7.10. The molecule has 1 saturated carbocycles. The van der Waals surface area contributed by atoms with Crippen LogP contribution in [0.1, 0.15) is 49.9 Å². The first kappa shape index (κ1) is 12.6. The molecule has 1 amide bonds. The number of carbonyl (C=O) groups is 1. The summed E-state index contributed by atoms with van der Waals surface area (Å²) in [6.45, 7) is 2.02. The summed E-state index contributed by atoms with van der Waals surface area (Å²) in [7, 11) is 0. The van der Waals surface area contributed by atoms with Crippen LogP contribution in [0.5, 0.6) is 0 Å². The lowest BCUT2D eigenvalue weighted by atomic mass is 9.94. The van der Waals surface area contributed by atoms with Crippen LogP contribution in [0.2, 0.25) is 0 Å². The summed E-state index contributed by atoms with van der Waals surface area (Å²) in [5, 5.41) is 5.05. The summed E-state index contributed by atoms with van der Waals surface area (Å²) in [5.41, 5.74) is 5.95. The predicted molar refractivity (Wildman–Crippen MR) is 70.9 cm³/mol. The van der Waals surface area contributed by atoms with Crippen molar-refractivity contribution >= 4 is 17.2 Å². The maximum Gasteiger partial charge on any atom is 0.222 e. The summed E-state index contributed by atoms with van der Waals surface area (Å²) < 4.78 is 0. The average Bonchev–Trinajstić information content (AvgIpc) is 2.88. The molecule has 3 nitrogen and oxygen atoms in total. The van der Waals surface area contributed by atoms with Gasteiger partial charge in [-0.3, -0.25) is 4.79 Å². The largest absolute Gasteiger partial charge is 0.349 e. The van der Waals surface area contributed by atoms with E-state index in [0.717, 1.165) is 25.7 Å². The molecule has 1 aliphatic rings. The van der Waals surface area contributed by atoms with Crippen molar-refractivity contribution in [2.24, 2.45) is 5.73 Å². The number of nitrogens with one attached hydrogen (secondary N) is 1. The second-order valence-electron chi connectivity index (χ2n) is 5.05. The van der Waals surface area contributed by atoms with Gasteiger partial charge in [-0.1, -0.05) is 18.9 Å². The quantitative estimate of drug-likeness (QED) is 0.865. The number of rotatable bonds is 4. The third kappa shape index (κ3) is 3.30. The minimum atomic E-state index is -0.251.